The molecule has 0 aromatic rings. The van der Waals surface area contributed by atoms with E-state index < -0.39 is 5.60 Å². The van der Waals surface area contributed by atoms with Crippen molar-refractivity contribution in [1.29, 1.82) is 0 Å². The summed E-state index contributed by atoms with van der Waals surface area (Å²) >= 11 is 0. The first-order valence-electron chi connectivity index (χ1n) is 8.80. The van der Waals surface area contributed by atoms with Gasteiger partial charge in [0.15, 0.2) is 0 Å². The lowest BCUT2D eigenvalue weighted by Gasteiger charge is -2.35. The van der Waals surface area contributed by atoms with E-state index in [1.165, 1.54) is 25.9 Å². The van der Waals surface area contributed by atoms with Gasteiger partial charge in [-0.05, 0) is 66.5 Å². The highest BCUT2D eigenvalue weighted by Gasteiger charge is 2.28. The molecule has 0 aliphatic carbocycles. The van der Waals surface area contributed by atoms with Crippen molar-refractivity contribution >= 4 is 6.09 Å². The van der Waals surface area contributed by atoms with Crippen molar-refractivity contribution < 1.29 is 9.53 Å². The van der Waals surface area contributed by atoms with Crippen molar-refractivity contribution in [1.82, 2.24) is 15.1 Å². The van der Waals surface area contributed by atoms with Crippen LogP contribution in [-0.2, 0) is 4.74 Å². The van der Waals surface area contributed by atoms with E-state index in [1.807, 2.05) is 25.7 Å². The second kappa shape index (κ2) is 7.64. The van der Waals surface area contributed by atoms with Crippen LogP contribution in [0.5, 0.6) is 0 Å². The molecule has 2 saturated heterocycles. The fourth-order valence-corrected chi connectivity index (χ4v) is 3.28. The van der Waals surface area contributed by atoms with E-state index in [1.54, 1.807) is 0 Å². The van der Waals surface area contributed by atoms with Gasteiger partial charge in [-0.15, -0.1) is 0 Å². The minimum atomic E-state index is -0.415. The molecular weight excluding hydrogens is 278 g/mol. The lowest BCUT2D eigenvalue weighted by molar-refractivity contribution is 0.0185. The zero-order valence-corrected chi connectivity index (χ0v) is 14.7. The molecule has 0 aromatic heterocycles. The smallest absolute Gasteiger partial charge is 0.410 e. The molecule has 0 spiro atoms. The molecule has 5 nitrogen and oxygen atoms in total. The van der Waals surface area contributed by atoms with E-state index in [2.05, 4.69) is 17.1 Å². The summed E-state index contributed by atoms with van der Waals surface area (Å²) in [7, 11) is 0. The number of carbonyl (C=O) groups is 1. The van der Waals surface area contributed by atoms with Gasteiger partial charge in [0.25, 0.3) is 0 Å². The predicted molar refractivity (Wildman–Crippen MR) is 89.1 cm³/mol. The molecule has 2 heterocycles. The number of rotatable bonds is 4. The number of piperidine rings is 1. The van der Waals surface area contributed by atoms with E-state index in [0.717, 1.165) is 32.5 Å². The van der Waals surface area contributed by atoms with Crippen molar-refractivity contribution in [3.05, 3.63) is 0 Å². The second-order valence-electron chi connectivity index (χ2n) is 7.77. The van der Waals surface area contributed by atoms with Gasteiger partial charge in [0.05, 0.1) is 0 Å². The number of amides is 1. The maximum atomic E-state index is 12.2. The molecule has 2 unspecified atom stereocenters. The van der Waals surface area contributed by atoms with Crippen molar-refractivity contribution in [2.24, 2.45) is 0 Å². The molecule has 2 fully saturated rings. The molecule has 1 N–H and O–H groups in total. The van der Waals surface area contributed by atoms with Gasteiger partial charge in [0.2, 0.25) is 0 Å². The van der Waals surface area contributed by atoms with Crippen LogP contribution in [0.3, 0.4) is 0 Å². The maximum Gasteiger partial charge on any atom is 0.410 e. The molecule has 2 rings (SSSR count). The van der Waals surface area contributed by atoms with Gasteiger partial charge in [0, 0.05) is 31.7 Å². The molecule has 0 radical (unpaired) electrons. The van der Waals surface area contributed by atoms with Gasteiger partial charge in [-0.2, -0.15) is 0 Å². The summed E-state index contributed by atoms with van der Waals surface area (Å²) in [6, 6.07) is 0.978. The second-order valence-corrected chi connectivity index (χ2v) is 7.77. The zero-order chi connectivity index (χ0) is 16.2. The normalized spacial score (nSPS) is 25.3. The van der Waals surface area contributed by atoms with Crippen LogP contribution < -0.4 is 5.32 Å². The van der Waals surface area contributed by atoms with Crippen molar-refractivity contribution in [3.8, 4) is 0 Å². The molecule has 22 heavy (non-hydrogen) atoms. The molecule has 2 atom stereocenters. The molecule has 5 heteroatoms. The summed E-state index contributed by atoms with van der Waals surface area (Å²) in [6.45, 7) is 13.1. The summed E-state index contributed by atoms with van der Waals surface area (Å²) < 4.78 is 5.48. The van der Waals surface area contributed by atoms with E-state index in [0.29, 0.717) is 12.1 Å². The van der Waals surface area contributed by atoms with Crippen LogP contribution in [0.25, 0.3) is 0 Å². The van der Waals surface area contributed by atoms with Crippen LogP contribution in [0, 0.1) is 0 Å². The highest BCUT2D eigenvalue weighted by molar-refractivity contribution is 5.68. The summed E-state index contributed by atoms with van der Waals surface area (Å²) in [6.07, 6.45) is 4.69. The molecule has 0 aromatic carbocycles. The first kappa shape index (κ1) is 17.5. The number of nitrogens with one attached hydrogen (secondary N) is 1. The maximum absolute atomic E-state index is 12.2. The number of carbonyl (C=O) groups excluding carboxylic acids is 1. The SMILES string of the molecule is CC(CNC1CCCN(C(=O)OC(C)(C)C)C1)N1CCCC1. The lowest BCUT2D eigenvalue weighted by Crippen LogP contribution is -2.51. The highest BCUT2D eigenvalue weighted by atomic mass is 16.6. The number of hydrogen-bond acceptors (Lipinski definition) is 4. The Kier molecular flexibility index (Phi) is 6.09. The van der Waals surface area contributed by atoms with Crippen LogP contribution in [0.1, 0.15) is 53.4 Å². The topological polar surface area (TPSA) is 44.8 Å². The Morgan fingerprint density at radius 1 is 1.23 bits per heavy atom. The quantitative estimate of drug-likeness (QED) is 0.866. The third-order valence-electron chi connectivity index (χ3n) is 4.54. The van der Waals surface area contributed by atoms with Crippen LogP contribution in [0.2, 0.25) is 0 Å². The van der Waals surface area contributed by atoms with Crippen molar-refractivity contribution in [2.45, 2.75) is 71.1 Å². The van der Waals surface area contributed by atoms with E-state index in [4.69, 9.17) is 4.74 Å². The molecule has 0 saturated carbocycles. The minimum Gasteiger partial charge on any atom is -0.444 e. The monoisotopic (exact) mass is 311 g/mol. The predicted octanol–water partition coefficient (Wildman–Crippen LogP) is 2.46. The molecule has 0 bridgehead atoms. The fourth-order valence-electron chi connectivity index (χ4n) is 3.28. The van der Waals surface area contributed by atoms with Gasteiger partial charge in [-0.3, -0.25) is 4.90 Å². The molecular formula is C17H33N3O2. The Labute approximate surface area is 135 Å². The van der Waals surface area contributed by atoms with Gasteiger partial charge in [-0.25, -0.2) is 4.79 Å². The largest absolute Gasteiger partial charge is 0.444 e. The lowest BCUT2D eigenvalue weighted by atomic mass is 10.1. The van der Waals surface area contributed by atoms with Gasteiger partial charge in [-0.1, -0.05) is 0 Å². The number of likely N-dealkylation sites (tertiary alicyclic amines) is 2. The Hall–Kier alpha value is -0.810. The summed E-state index contributed by atoms with van der Waals surface area (Å²) in [5, 5.41) is 3.65. The van der Waals surface area contributed by atoms with Gasteiger partial charge < -0.3 is 15.0 Å². The summed E-state index contributed by atoms with van der Waals surface area (Å²) in [4.78, 5) is 16.6. The van der Waals surface area contributed by atoms with Crippen LogP contribution in [-0.4, -0.2) is 66.3 Å². The molecule has 2 aliphatic rings. The fraction of sp³-hybridized carbons (Fsp3) is 0.941. The Morgan fingerprint density at radius 2 is 1.91 bits per heavy atom. The summed E-state index contributed by atoms with van der Waals surface area (Å²) in [5.74, 6) is 0. The van der Waals surface area contributed by atoms with Gasteiger partial charge in [0.1, 0.15) is 5.60 Å². The first-order chi connectivity index (χ1) is 10.3. The number of hydrogen-bond donors (Lipinski definition) is 1. The van der Waals surface area contributed by atoms with Crippen LogP contribution >= 0.6 is 0 Å². The van der Waals surface area contributed by atoms with Crippen LogP contribution in [0.4, 0.5) is 4.79 Å². The minimum absolute atomic E-state index is 0.174. The third-order valence-corrected chi connectivity index (χ3v) is 4.54. The number of ether oxygens (including phenoxy) is 1. The Morgan fingerprint density at radius 3 is 2.55 bits per heavy atom. The van der Waals surface area contributed by atoms with Crippen molar-refractivity contribution in [3.63, 3.8) is 0 Å². The van der Waals surface area contributed by atoms with E-state index >= 15 is 0 Å². The molecule has 128 valence electrons. The number of nitrogens with zero attached hydrogens (tertiary/aromatic N) is 2. The third kappa shape index (κ3) is 5.43. The zero-order valence-electron chi connectivity index (χ0n) is 14.7. The highest BCUT2D eigenvalue weighted by Crippen LogP contribution is 2.16. The average molecular weight is 311 g/mol. The Bertz CT molecular complexity index is 361. The van der Waals surface area contributed by atoms with Gasteiger partial charge >= 0.3 is 6.09 Å². The average Bonchev–Trinajstić information content (AvgIpc) is 2.97. The standard InChI is InChI=1S/C17H33N3O2/c1-14(19-9-5-6-10-19)12-18-15-8-7-11-20(13-15)16(21)22-17(2,3)4/h14-15,18H,5-13H2,1-4H3. The van der Waals surface area contributed by atoms with E-state index in [-0.39, 0.29) is 6.09 Å². The first-order valence-corrected chi connectivity index (χ1v) is 8.80. The summed E-state index contributed by atoms with van der Waals surface area (Å²) in [5.41, 5.74) is -0.415. The molecule has 2 aliphatic heterocycles. The van der Waals surface area contributed by atoms with Crippen LogP contribution in [0.15, 0.2) is 0 Å². The van der Waals surface area contributed by atoms with Crippen molar-refractivity contribution in [2.75, 3.05) is 32.7 Å². The van der Waals surface area contributed by atoms with E-state index in [9.17, 15) is 4.79 Å². The molecule has 1 amide bonds. The Balaban J connectivity index is 1.74.